The van der Waals surface area contributed by atoms with Crippen LogP contribution < -0.4 is 0 Å². The van der Waals surface area contributed by atoms with Crippen molar-refractivity contribution in [1.29, 1.82) is 0 Å². The van der Waals surface area contributed by atoms with Crippen LogP contribution in [-0.4, -0.2) is 22.2 Å². The molecule has 0 saturated carbocycles. The lowest BCUT2D eigenvalue weighted by Gasteiger charge is -2.18. The van der Waals surface area contributed by atoms with Gasteiger partial charge in [0.15, 0.2) is 0 Å². The molecule has 0 spiro atoms. The third-order valence-electron chi connectivity index (χ3n) is 4.64. The average Bonchev–Trinajstić information content (AvgIpc) is 2.56. The van der Waals surface area contributed by atoms with E-state index in [0.29, 0.717) is 11.1 Å². The Kier molecular flexibility index (Phi) is 8.51. The van der Waals surface area contributed by atoms with Crippen LogP contribution in [0, 0.1) is 0 Å². The maximum atomic E-state index is 11.4. The number of aliphatic carboxylic acids is 2. The van der Waals surface area contributed by atoms with Crippen molar-refractivity contribution in [3.8, 4) is 0 Å². The van der Waals surface area contributed by atoms with Gasteiger partial charge in [-0.1, -0.05) is 57.2 Å². The fourth-order valence-corrected chi connectivity index (χ4v) is 2.92. The Labute approximate surface area is 144 Å². The molecule has 24 heavy (non-hydrogen) atoms. The predicted octanol–water partition coefficient (Wildman–Crippen LogP) is 4.97. The van der Waals surface area contributed by atoms with Crippen LogP contribution in [0.2, 0.25) is 0 Å². The molecule has 4 heteroatoms. The second-order valence-corrected chi connectivity index (χ2v) is 6.60. The SMILES string of the molecule is CCCCCCCCc1ccc(C(C)C(=O)O)c(C(C)C(=O)O)c1. The molecule has 2 unspecified atom stereocenters. The number of hydrogen-bond donors (Lipinski definition) is 2. The topological polar surface area (TPSA) is 74.6 Å². The molecule has 0 aliphatic heterocycles. The largest absolute Gasteiger partial charge is 0.481 e. The highest BCUT2D eigenvalue weighted by molar-refractivity contribution is 5.80. The van der Waals surface area contributed by atoms with E-state index in [1.54, 1.807) is 19.9 Å². The minimum absolute atomic E-state index is 0.601. The lowest BCUT2D eigenvalue weighted by Crippen LogP contribution is -2.15. The van der Waals surface area contributed by atoms with Crippen molar-refractivity contribution in [2.75, 3.05) is 0 Å². The lowest BCUT2D eigenvalue weighted by molar-refractivity contribution is -0.140. The van der Waals surface area contributed by atoms with Gasteiger partial charge in [-0.15, -0.1) is 0 Å². The Balaban J connectivity index is 2.84. The van der Waals surface area contributed by atoms with Crippen molar-refractivity contribution in [1.82, 2.24) is 0 Å². The summed E-state index contributed by atoms with van der Waals surface area (Å²) in [6, 6.07) is 5.62. The normalized spacial score (nSPS) is 13.5. The molecule has 0 aromatic heterocycles. The van der Waals surface area contributed by atoms with E-state index in [1.165, 1.54) is 32.1 Å². The summed E-state index contributed by atoms with van der Waals surface area (Å²) in [6.45, 7) is 5.41. The van der Waals surface area contributed by atoms with E-state index >= 15 is 0 Å². The summed E-state index contributed by atoms with van der Waals surface area (Å²) < 4.78 is 0. The second kappa shape index (κ2) is 10.1. The van der Waals surface area contributed by atoms with E-state index in [2.05, 4.69) is 6.92 Å². The number of benzene rings is 1. The molecular weight excluding hydrogens is 304 g/mol. The molecule has 2 atom stereocenters. The molecule has 0 amide bonds. The number of hydrogen-bond acceptors (Lipinski definition) is 2. The first-order chi connectivity index (χ1) is 11.4. The maximum absolute atomic E-state index is 11.4. The van der Waals surface area contributed by atoms with Crippen LogP contribution in [0.3, 0.4) is 0 Å². The Morgan fingerprint density at radius 1 is 0.875 bits per heavy atom. The number of unbranched alkanes of at least 4 members (excludes halogenated alkanes) is 5. The molecule has 0 fully saturated rings. The average molecular weight is 334 g/mol. The summed E-state index contributed by atoms with van der Waals surface area (Å²) in [5.41, 5.74) is 2.32. The van der Waals surface area contributed by atoms with Crippen molar-refractivity contribution in [2.24, 2.45) is 0 Å². The number of carbonyl (C=O) groups is 2. The van der Waals surface area contributed by atoms with E-state index < -0.39 is 23.8 Å². The van der Waals surface area contributed by atoms with E-state index in [1.807, 2.05) is 12.1 Å². The summed E-state index contributed by atoms with van der Waals surface area (Å²) >= 11 is 0. The van der Waals surface area contributed by atoms with E-state index in [-0.39, 0.29) is 0 Å². The van der Waals surface area contributed by atoms with E-state index in [9.17, 15) is 19.8 Å². The highest BCUT2D eigenvalue weighted by atomic mass is 16.4. The van der Waals surface area contributed by atoms with Crippen LogP contribution >= 0.6 is 0 Å². The van der Waals surface area contributed by atoms with Crippen molar-refractivity contribution in [3.05, 3.63) is 34.9 Å². The van der Waals surface area contributed by atoms with Gasteiger partial charge in [0.05, 0.1) is 11.8 Å². The molecule has 0 bridgehead atoms. The number of rotatable bonds is 11. The third-order valence-corrected chi connectivity index (χ3v) is 4.64. The molecule has 4 nitrogen and oxygen atoms in total. The molecule has 0 aliphatic carbocycles. The number of aryl methyl sites for hydroxylation is 1. The summed E-state index contributed by atoms with van der Waals surface area (Å²) in [5, 5.41) is 18.6. The van der Waals surface area contributed by atoms with Crippen LogP contribution in [0.25, 0.3) is 0 Å². The maximum Gasteiger partial charge on any atom is 0.310 e. The quantitative estimate of drug-likeness (QED) is 0.561. The van der Waals surface area contributed by atoms with Gasteiger partial charge < -0.3 is 10.2 Å². The molecule has 1 aromatic rings. The molecule has 0 aliphatic rings. The van der Waals surface area contributed by atoms with Gasteiger partial charge in [-0.3, -0.25) is 9.59 Å². The monoisotopic (exact) mass is 334 g/mol. The van der Waals surface area contributed by atoms with Crippen LogP contribution in [0.15, 0.2) is 18.2 Å². The van der Waals surface area contributed by atoms with Gasteiger partial charge in [-0.2, -0.15) is 0 Å². The first kappa shape index (κ1) is 20.2. The third kappa shape index (κ3) is 5.99. The Morgan fingerprint density at radius 2 is 1.42 bits per heavy atom. The minimum Gasteiger partial charge on any atom is -0.481 e. The summed E-state index contributed by atoms with van der Waals surface area (Å²) in [5.74, 6) is -3.26. The molecule has 134 valence electrons. The molecule has 1 aromatic carbocycles. The minimum atomic E-state index is -0.933. The van der Waals surface area contributed by atoms with Crippen LogP contribution in [0.1, 0.15) is 87.8 Å². The summed E-state index contributed by atoms with van der Waals surface area (Å²) in [4.78, 5) is 22.6. The Morgan fingerprint density at radius 3 is 2.00 bits per heavy atom. The van der Waals surface area contributed by atoms with Crippen molar-refractivity contribution < 1.29 is 19.8 Å². The first-order valence-corrected chi connectivity index (χ1v) is 8.96. The van der Waals surface area contributed by atoms with Crippen molar-refractivity contribution >= 4 is 11.9 Å². The highest BCUT2D eigenvalue weighted by Crippen LogP contribution is 2.29. The Bertz CT molecular complexity index is 551. The lowest BCUT2D eigenvalue weighted by atomic mass is 9.87. The summed E-state index contributed by atoms with van der Waals surface area (Å²) in [6.07, 6.45) is 8.19. The van der Waals surface area contributed by atoms with Gasteiger partial charge in [0, 0.05) is 0 Å². The predicted molar refractivity (Wildman–Crippen MR) is 95.6 cm³/mol. The molecule has 0 saturated heterocycles. The zero-order chi connectivity index (χ0) is 18.1. The van der Waals surface area contributed by atoms with Crippen LogP contribution in [0.4, 0.5) is 0 Å². The fraction of sp³-hybridized carbons (Fsp3) is 0.600. The van der Waals surface area contributed by atoms with Gasteiger partial charge >= 0.3 is 11.9 Å². The molecule has 0 radical (unpaired) electrons. The summed E-state index contributed by atoms with van der Waals surface area (Å²) in [7, 11) is 0. The molecule has 1 rings (SSSR count). The molecular formula is C20H30O4. The smallest absolute Gasteiger partial charge is 0.310 e. The van der Waals surface area contributed by atoms with Gasteiger partial charge in [0.1, 0.15) is 0 Å². The number of carboxylic acid groups (broad SMARTS) is 2. The van der Waals surface area contributed by atoms with E-state index in [0.717, 1.165) is 18.4 Å². The zero-order valence-corrected chi connectivity index (χ0v) is 15.0. The first-order valence-electron chi connectivity index (χ1n) is 8.96. The standard InChI is InChI=1S/C20H30O4/c1-4-5-6-7-8-9-10-16-11-12-17(14(2)19(21)22)18(13-16)15(3)20(23)24/h11-15H,4-10H2,1-3H3,(H,21,22)(H,23,24). The van der Waals surface area contributed by atoms with Gasteiger partial charge in [0.25, 0.3) is 0 Å². The van der Waals surface area contributed by atoms with E-state index in [4.69, 9.17) is 0 Å². The van der Waals surface area contributed by atoms with Gasteiger partial charge in [-0.25, -0.2) is 0 Å². The van der Waals surface area contributed by atoms with Crippen molar-refractivity contribution in [2.45, 2.75) is 77.6 Å². The second-order valence-electron chi connectivity index (χ2n) is 6.60. The Hall–Kier alpha value is -1.84. The van der Waals surface area contributed by atoms with Crippen LogP contribution in [-0.2, 0) is 16.0 Å². The van der Waals surface area contributed by atoms with Gasteiger partial charge in [0.2, 0.25) is 0 Å². The highest BCUT2D eigenvalue weighted by Gasteiger charge is 2.24. The fourth-order valence-electron chi connectivity index (χ4n) is 2.92. The van der Waals surface area contributed by atoms with Gasteiger partial charge in [-0.05, 0) is 43.4 Å². The molecule has 2 N–H and O–H groups in total. The number of carboxylic acids is 2. The molecule has 0 heterocycles. The zero-order valence-electron chi connectivity index (χ0n) is 15.0. The van der Waals surface area contributed by atoms with Crippen LogP contribution in [0.5, 0.6) is 0 Å². The van der Waals surface area contributed by atoms with Crippen molar-refractivity contribution in [3.63, 3.8) is 0 Å².